The minimum Gasteiger partial charge on any atom is -0.356 e. The Bertz CT molecular complexity index is 1010. The van der Waals surface area contributed by atoms with Crippen molar-refractivity contribution in [2.75, 3.05) is 18.4 Å². The van der Waals surface area contributed by atoms with Crippen LogP contribution in [0, 0.1) is 0 Å². The summed E-state index contributed by atoms with van der Waals surface area (Å²) in [7, 11) is 0. The molecule has 0 aliphatic heterocycles. The normalized spacial score (nSPS) is 15.7. The molecular formula is C33H50N4O2S. The molecule has 0 aromatic carbocycles. The second kappa shape index (κ2) is 22.0. The SMILES string of the molecule is CC/C=C\C/C=C\C/C=C\C/C=C\C/C=C\CCCC(=O)NCCC(=O)Nc1nc2c(s1)C[C@H](NCCC)CC2. The lowest BCUT2D eigenvalue weighted by Crippen LogP contribution is -2.34. The fourth-order valence-electron chi connectivity index (χ4n) is 4.29. The number of hydrogen-bond donors (Lipinski definition) is 3. The maximum Gasteiger partial charge on any atom is 0.227 e. The average molecular weight is 567 g/mol. The number of aryl methyl sites for hydroxylation is 1. The van der Waals surface area contributed by atoms with Gasteiger partial charge in [-0.25, -0.2) is 4.98 Å². The second-order valence-corrected chi connectivity index (χ2v) is 11.1. The molecule has 0 bridgehead atoms. The number of anilines is 1. The third-order valence-electron chi connectivity index (χ3n) is 6.48. The summed E-state index contributed by atoms with van der Waals surface area (Å²) in [6.07, 6.45) is 33.4. The Morgan fingerprint density at radius 1 is 0.850 bits per heavy atom. The number of amides is 2. The predicted molar refractivity (Wildman–Crippen MR) is 171 cm³/mol. The van der Waals surface area contributed by atoms with E-state index in [-0.39, 0.29) is 18.2 Å². The molecule has 7 heteroatoms. The van der Waals surface area contributed by atoms with Crippen LogP contribution in [0.25, 0.3) is 0 Å². The van der Waals surface area contributed by atoms with Crippen molar-refractivity contribution in [3.8, 4) is 0 Å². The van der Waals surface area contributed by atoms with Gasteiger partial charge in [-0.15, -0.1) is 11.3 Å². The van der Waals surface area contributed by atoms with E-state index in [4.69, 9.17) is 0 Å². The molecule has 1 aromatic heterocycles. The van der Waals surface area contributed by atoms with Crippen LogP contribution in [0.5, 0.6) is 0 Å². The van der Waals surface area contributed by atoms with E-state index in [9.17, 15) is 9.59 Å². The Morgan fingerprint density at radius 2 is 1.50 bits per heavy atom. The van der Waals surface area contributed by atoms with Gasteiger partial charge in [0, 0.05) is 30.3 Å². The smallest absolute Gasteiger partial charge is 0.227 e. The molecule has 0 saturated carbocycles. The van der Waals surface area contributed by atoms with Crippen molar-refractivity contribution in [3.63, 3.8) is 0 Å². The number of rotatable bonds is 20. The van der Waals surface area contributed by atoms with Gasteiger partial charge >= 0.3 is 0 Å². The number of unbranched alkanes of at least 4 members (excludes halogenated alkanes) is 1. The van der Waals surface area contributed by atoms with E-state index < -0.39 is 0 Å². The van der Waals surface area contributed by atoms with Gasteiger partial charge in [0.1, 0.15) is 0 Å². The molecule has 40 heavy (non-hydrogen) atoms. The van der Waals surface area contributed by atoms with Crippen molar-refractivity contribution in [2.45, 2.75) is 103 Å². The molecule has 0 fully saturated rings. The Balaban J connectivity index is 1.46. The summed E-state index contributed by atoms with van der Waals surface area (Å²) in [6, 6.07) is 0.507. The van der Waals surface area contributed by atoms with Crippen LogP contribution < -0.4 is 16.0 Å². The molecule has 3 N–H and O–H groups in total. The van der Waals surface area contributed by atoms with Gasteiger partial charge in [-0.3, -0.25) is 9.59 Å². The second-order valence-electron chi connectivity index (χ2n) is 10.0. The van der Waals surface area contributed by atoms with E-state index in [1.54, 1.807) is 11.3 Å². The fourth-order valence-corrected chi connectivity index (χ4v) is 5.39. The van der Waals surface area contributed by atoms with Crippen LogP contribution in [0.2, 0.25) is 0 Å². The molecule has 1 heterocycles. The summed E-state index contributed by atoms with van der Waals surface area (Å²) in [6.45, 7) is 5.71. The number of carbonyl (C=O) groups excluding carboxylic acids is 2. The zero-order valence-electron chi connectivity index (χ0n) is 24.6. The number of nitrogens with one attached hydrogen (secondary N) is 3. The zero-order chi connectivity index (χ0) is 28.7. The Kier molecular flexibility index (Phi) is 18.4. The van der Waals surface area contributed by atoms with E-state index in [1.807, 2.05) is 0 Å². The first-order chi connectivity index (χ1) is 19.6. The molecular weight excluding hydrogens is 516 g/mol. The van der Waals surface area contributed by atoms with Gasteiger partial charge in [-0.1, -0.05) is 74.6 Å². The summed E-state index contributed by atoms with van der Waals surface area (Å²) < 4.78 is 0. The van der Waals surface area contributed by atoms with Gasteiger partial charge in [0.2, 0.25) is 11.8 Å². The summed E-state index contributed by atoms with van der Waals surface area (Å²) in [5.41, 5.74) is 1.12. The van der Waals surface area contributed by atoms with E-state index in [0.29, 0.717) is 24.1 Å². The van der Waals surface area contributed by atoms with E-state index >= 15 is 0 Å². The van der Waals surface area contributed by atoms with Gasteiger partial charge in [-0.05, 0) is 77.2 Å². The third-order valence-corrected chi connectivity index (χ3v) is 7.51. The molecule has 220 valence electrons. The lowest BCUT2D eigenvalue weighted by molar-refractivity contribution is -0.121. The van der Waals surface area contributed by atoms with Gasteiger partial charge in [0.05, 0.1) is 5.69 Å². The fraction of sp³-hybridized carbons (Fsp3) is 0.545. The van der Waals surface area contributed by atoms with E-state index in [1.165, 1.54) is 4.88 Å². The zero-order valence-corrected chi connectivity index (χ0v) is 25.4. The Labute approximate surface area is 246 Å². The van der Waals surface area contributed by atoms with Crippen molar-refractivity contribution < 1.29 is 9.59 Å². The molecule has 6 nitrogen and oxygen atoms in total. The van der Waals surface area contributed by atoms with Crippen LogP contribution in [0.1, 0.15) is 95.0 Å². The van der Waals surface area contributed by atoms with E-state index in [0.717, 1.165) is 82.9 Å². The highest BCUT2D eigenvalue weighted by atomic mass is 32.1. The Hall–Kier alpha value is -2.77. The largest absolute Gasteiger partial charge is 0.356 e. The number of thiazole rings is 1. The average Bonchev–Trinajstić information content (AvgIpc) is 3.34. The molecule has 2 amide bonds. The van der Waals surface area contributed by atoms with Crippen LogP contribution in [-0.2, 0) is 22.4 Å². The summed E-state index contributed by atoms with van der Waals surface area (Å²) in [4.78, 5) is 30.3. The van der Waals surface area contributed by atoms with Crippen LogP contribution in [0.3, 0.4) is 0 Å². The van der Waals surface area contributed by atoms with Crippen LogP contribution in [0.15, 0.2) is 60.8 Å². The summed E-state index contributed by atoms with van der Waals surface area (Å²) in [5.74, 6) is -0.110. The van der Waals surface area contributed by atoms with Crippen LogP contribution in [-0.4, -0.2) is 35.9 Å². The molecule has 0 saturated heterocycles. The number of nitrogens with zero attached hydrogens (tertiary/aromatic N) is 1. The van der Waals surface area contributed by atoms with Crippen molar-refractivity contribution in [1.29, 1.82) is 0 Å². The first-order valence-electron chi connectivity index (χ1n) is 15.2. The highest BCUT2D eigenvalue weighted by molar-refractivity contribution is 7.15. The summed E-state index contributed by atoms with van der Waals surface area (Å²) >= 11 is 1.58. The van der Waals surface area contributed by atoms with E-state index in [2.05, 4.69) is 95.5 Å². The quantitative estimate of drug-likeness (QED) is 0.114. The molecule has 0 radical (unpaired) electrons. The first-order valence-corrected chi connectivity index (χ1v) is 16.0. The predicted octanol–water partition coefficient (Wildman–Crippen LogP) is 7.37. The third kappa shape index (κ3) is 15.7. The van der Waals surface area contributed by atoms with Crippen molar-refractivity contribution in [3.05, 3.63) is 71.3 Å². The van der Waals surface area contributed by atoms with Gasteiger partial charge < -0.3 is 16.0 Å². The maximum atomic E-state index is 12.3. The standard InChI is InChI=1S/C33H50N4O2S/c1-3-5-6-7-8-9-10-11-12-13-14-15-16-17-18-19-20-21-31(38)35-26-24-32(39)37-33-36-29-23-22-28(34-25-4-2)27-30(29)40-33/h5-6,8-9,11-12,14-15,17-18,28,34H,3-4,7,10,13,16,19-27H2,1-2H3,(H,35,38)(H,36,37,39)/b6-5-,9-8-,12-11-,15-14-,18-17-/t28-/m1/s1. The van der Waals surface area contributed by atoms with Crippen molar-refractivity contribution >= 4 is 28.3 Å². The van der Waals surface area contributed by atoms with Crippen LogP contribution >= 0.6 is 11.3 Å². The molecule has 1 aliphatic rings. The number of fused-ring (bicyclic) bond motifs is 1. The lowest BCUT2D eigenvalue weighted by atomic mass is 9.98. The molecule has 0 spiro atoms. The van der Waals surface area contributed by atoms with Gasteiger partial charge in [-0.2, -0.15) is 0 Å². The summed E-state index contributed by atoms with van der Waals surface area (Å²) in [5, 5.41) is 10.0. The monoisotopic (exact) mass is 566 g/mol. The highest BCUT2D eigenvalue weighted by Crippen LogP contribution is 2.29. The number of aromatic nitrogens is 1. The van der Waals surface area contributed by atoms with Crippen molar-refractivity contribution in [2.24, 2.45) is 0 Å². The van der Waals surface area contributed by atoms with Gasteiger partial charge in [0.15, 0.2) is 5.13 Å². The van der Waals surface area contributed by atoms with Crippen LogP contribution in [0.4, 0.5) is 5.13 Å². The highest BCUT2D eigenvalue weighted by Gasteiger charge is 2.22. The molecule has 1 aromatic rings. The number of allylic oxidation sites excluding steroid dienone is 10. The molecule has 1 aliphatic carbocycles. The van der Waals surface area contributed by atoms with Gasteiger partial charge in [0.25, 0.3) is 0 Å². The van der Waals surface area contributed by atoms with Crippen molar-refractivity contribution in [1.82, 2.24) is 15.6 Å². The first kappa shape index (κ1) is 33.4. The topological polar surface area (TPSA) is 83.1 Å². The number of carbonyl (C=O) groups is 2. The Morgan fingerprint density at radius 3 is 2.15 bits per heavy atom. The minimum atomic E-state index is -0.106. The number of hydrogen-bond acceptors (Lipinski definition) is 5. The molecule has 0 unspecified atom stereocenters. The minimum absolute atomic E-state index is 0.00418. The molecule has 1 atom stereocenters. The molecule has 2 rings (SSSR count). The lowest BCUT2D eigenvalue weighted by Gasteiger charge is -2.21. The maximum absolute atomic E-state index is 12.3.